The highest BCUT2D eigenvalue weighted by Crippen LogP contribution is 2.21. The molecule has 1 aromatic rings. The van der Waals surface area contributed by atoms with Gasteiger partial charge in [0.15, 0.2) is 0 Å². The molecule has 0 radical (unpaired) electrons. The number of H-pyrrole nitrogens is 1. The first-order valence-corrected chi connectivity index (χ1v) is 4.89. The summed E-state index contributed by atoms with van der Waals surface area (Å²) < 4.78 is 0. The normalized spacial score (nSPS) is 19.7. The molecule has 1 atom stereocenters. The highest BCUT2D eigenvalue weighted by molar-refractivity contribution is 5.70. The van der Waals surface area contributed by atoms with E-state index in [0.717, 1.165) is 0 Å². The molecule has 0 aromatic carbocycles. The molecule has 1 heterocycles. The van der Waals surface area contributed by atoms with E-state index in [9.17, 15) is 9.59 Å². The predicted molar refractivity (Wildman–Crippen MR) is 52.7 cm³/mol. The molecule has 80 valence electrons. The maximum atomic E-state index is 11.5. The number of aromatic nitrogens is 2. The lowest BCUT2D eigenvalue weighted by Crippen LogP contribution is -2.29. The summed E-state index contributed by atoms with van der Waals surface area (Å²) in [7, 11) is 0. The van der Waals surface area contributed by atoms with Gasteiger partial charge in [-0.05, 0) is 19.8 Å². The van der Waals surface area contributed by atoms with Gasteiger partial charge in [-0.1, -0.05) is 0 Å². The molecule has 0 amide bonds. The van der Waals surface area contributed by atoms with Gasteiger partial charge in [0.25, 0.3) is 5.56 Å². The first kappa shape index (κ1) is 9.89. The van der Waals surface area contributed by atoms with Crippen molar-refractivity contribution < 1.29 is 9.90 Å². The van der Waals surface area contributed by atoms with Gasteiger partial charge in [-0.3, -0.25) is 9.59 Å². The molecule has 2 N–H and O–H groups in total. The lowest BCUT2D eigenvalue weighted by molar-refractivity contribution is -0.142. The minimum absolute atomic E-state index is 0.124. The van der Waals surface area contributed by atoms with Gasteiger partial charge in [0.2, 0.25) is 0 Å². The zero-order chi connectivity index (χ0) is 11.0. The summed E-state index contributed by atoms with van der Waals surface area (Å²) >= 11 is 0. The third-order valence-electron chi connectivity index (χ3n) is 2.75. The fraction of sp³-hybridized carbons (Fsp3) is 0.500. The number of fused-ring (bicyclic) bond motifs is 1. The summed E-state index contributed by atoms with van der Waals surface area (Å²) in [5.41, 5.74) is 1.18. The second-order valence-corrected chi connectivity index (χ2v) is 3.85. The van der Waals surface area contributed by atoms with Gasteiger partial charge in [-0.2, -0.15) is 0 Å². The Morgan fingerprint density at radius 3 is 3.00 bits per heavy atom. The molecule has 0 saturated carbocycles. The van der Waals surface area contributed by atoms with Crippen LogP contribution in [0.1, 0.15) is 23.5 Å². The van der Waals surface area contributed by atoms with Crippen LogP contribution in [-0.4, -0.2) is 21.0 Å². The standard InChI is InChI=1S/C10H12N2O3/c1-5-11-8-4-6(10(14)15)2-3-7(8)9(13)12-5/h6H,2-4H2,1H3,(H,14,15)(H,11,12,13). The highest BCUT2D eigenvalue weighted by atomic mass is 16.4. The van der Waals surface area contributed by atoms with Crippen LogP contribution in [0, 0.1) is 12.8 Å². The molecule has 0 spiro atoms. The summed E-state index contributed by atoms with van der Waals surface area (Å²) in [5, 5.41) is 8.89. The lowest BCUT2D eigenvalue weighted by Gasteiger charge is -2.19. The van der Waals surface area contributed by atoms with E-state index in [4.69, 9.17) is 5.11 Å². The molecule has 0 bridgehead atoms. The Hall–Kier alpha value is -1.65. The molecule has 5 heteroatoms. The smallest absolute Gasteiger partial charge is 0.306 e. The summed E-state index contributed by atoms with van der Waals surface area (Å²) in [4.78, 5) is 29.2. The van der Waals surface area contributed by atoms with E-state index in [1.165, 1.54) is 0 Å². The number of carboxylic acids is 1. The van der Waals surface area contributed by atoms with Crippen LogP contribution < -0.4 is 5.56 Å². The molecule has 1 aromatic heterocycles. The summed E-state index contributed by atoms with van der Waals surface area (Å²) in [6.45, 7) is 1.70. The van der Waals surface area contributed by atoms with Crippen LogP contribution in [0.4, 0.5) is 0 Å². The van der Waals surface area contributed by atoms with Crippen molar-refractivity contribution in [2.75, 3.05) is 0 Å². The van der Waals surface area contributed by atoms with Crippen molar-refractivity contribution in [3.8, 4) is 0 Å². The van der Waals surface area contributed by atoms with E-state index in [0.29, 0.717) is 36.3 Å². The summed E-state index contributed by atoms with van der Waals surface area (Å²) in [6, 6.07) is 0. The lowest BCUT2D eigenvalue weighted by atomic mass is 9.87. The third-order valence-corrected chi connectivity index (χ3v) is 2.75. The molecule has 15 heavy (non-hydrogen) atoms. The zero-order valence-corrected chi connectivity index (χ0v) is 8.41. The molecule has 1 aliphatic rings. The summed E-state index contributed by atoms with van der Waals surface area (Å²) in [5.74, 6) is -0.656. The van der Waals surface area contributed by atoms with E-state index in [-0.39, 0.29) is 5.56 Å². The van der Waals surface area contributed by atoms with Crippen LogP contribution in [0.2, 0.25) is 0 Å². The van der Waals surface area contributed by atoms with Crippen LogP contribution >= 0.6 is 0 Å². The number of carbonyl (C=O) groups is 1. The van der Waals surface area contributed by atoms with Gasteiger partial charge >= 0.3 is 5.97 Å². The topological polar surface area (TPSA) is 83.0 Å². The number of aromatic amines is 1. The number of hydrogen-bond acceptors (Lipinski definition) is 3. The number of hydrogen-bond donors (Lipinski definition) is 2. The van der Waals surface area contributed by atoms with E-state index < -0.39 is 11.9 Å². The molecular formula is C10H12N2O3. The number of nitrogens with zero attached hydrogens (tertiary/aromatic N) is 1. The Labute approximate surface area is 86.2 Å². The van der Waals surface area contributed by atoms with Gasteiger partial charge in [-0.25, -0.2) is 4.98 Å². The highest BCUT2D eigenvalue weighted by Gasteiger charge is 2.26. The van der Waals surface area contributed by atoms with Crippen LogP contribution in [0.25, 0.3) is 0 Å². The quantitative estimate of drug-likeness (QED) is 0.693. The van der Waals surface area contributed by atoms with E-state index in [1.54, 1.807) is 6.92 Å². The van der Waals surface area contributed by atoms with Crippen molar-refractivity contribution in [2.45, 2.75) is 26.2 Å². The first-order valence-electron chi connectivity index (χ1n) is 4.89. The van der Waals surface area contributed by atoms with Gasteiger partial charge < -0.3 is 10.1 Å². The number of aryl methyl sites for hydroxylation is 1. The summed E-state index contributed by atoms with van der Waals surface area (Å²) in [6.07, 6.45) is 1.40. The van der Waals surface area contributed by atoms with Crippen LogP contribution in [0.15, 0.2) is 4.79 Å². The van der Waals surface area contributed by atoms with E-state index in [2.05, 4.69) is 9.97 Å². The third kappa shape index (κ3) is 1.77. The first-order chi connectivity index (χ1) is 7.08. The Morgan fingerprint density at radius 2 is 2.33 bits per heavy atom. The maximum absolute atomic E-state index is 11.5. The van der Waals surface area contributed by atoms with Gasteiger partial charge in [-0.15, -0.1) is 0 Å². The van der Waals surface area contributed by atoms with Crippen molar-refractivity contribution in [1.82, 2.24) is 9.97 Å². The average Bonchev–Trinajstić information content (AvgIpc) is 2.16. The predicted octanol–water partition coefficient (Wildman–Crippen LogP) is 0.268. The number of rotatable bonds is 1. The Balaban J connectivity index is 2.41. The van der Waals surface area contributed by atoms with Crippen LogP contribution in [0.3, 0.4) is 0 Å². The molecule has 1 unspecified atom stereocenters. The molecule has 1 aliphatic carbocycles. The maximum Gasteiger partial charge on any atom is 0.306 e. The van der Waals surface area contributed by atoms with E-state index in [1.807, 2.05) is 0 Å². The van der Waals surface area contributed by atoms with Gasteiger partial charge in [0, 0.05) is 12.0 Å². The monoisotopic (exact) mass is 208 g/mol. The average molecular weight is 208 g/mol. The van der Waals surface area contributed by atoms with Gasteiger partial charge in [0.1, 0.15) is 5.82 Å². The molecule has 0 aliphatic heterocycles. The molecule has 0 saturated heterocycles. The minimum atomic E-state index is -0.805. The van der Waals surface area contributed by atoms with Crippen LogP contribution in [0.5, 0.6) is 0 Å². The van der Waals surface area contributed by atoms with Crippen molar-refractivity contribution >= 4 is 5.97 Å². The Kier molecular flexibility index (Phi) is 2.30. The Bertz CT molecular complexity index is 464. The number of nitrogens with one attached hydrogen (secondary N) is 1. The number of aliphatic carboxylic acids is 1. The minimum Gasteiger partial charge on any atom is -0.481 e. The SMILES string of the molecule is Cc1nc2c(c(=O)[nH]1)CCC(C(=O)O)C2. The second kappa shape index (κ2) is 3.49. The largest absolute Gasteiger partial charge is 0.481 e. The fourth-order valence-electron chi connectivity index (χ4n) is 1.96. The molecule has 2 rings (SSSR count). The van der Waals surface area contributed by atoms with Gasteiger partial charge in [0.05, 0.1) is 11.6 Å². The molecule has 0 fully saturated rings. The molecule has 5 nitrogen and oxygen atoms in total. The van der Waals surface area contributed by atoms with Crippen LogP contribution in [-0.2, 0) is 17.6 Å². The van der Waals surface area contributed by atoms with Crippen molar-refractivity contribution in [3.63, 3.8) is 0 Å². The van der Waals surface area contributed by atoms with Crippen molar-refractivity contribution in [3.05, 3.63) is 27.4 Å². The fourth-order valence-corrected chi connectivity index (χ4v) is 1.96. The Morgan fingerprint density at radius 1 is 1.60 bits per heavy atom. The van der Waals surface area contributed by atoms with Crippen molar-refractivity contribution in [1.29, 1.82) is 0 Å². The van der Waals surface area contributed by atoms with Crippen molar-refractivity contribution in [2.24, 2.45) is 5.92 Å². The zero-order valence-electron chi connectivity index (χ0n) is 8.41. The molecular weight excluding hydrogens is 196 g/mol. The number of carboxylic acid groups (broad SMARTS) is 1. The van der Waals surface area contributed by atoms with E-state index >= 15 is 0 Å². The second-order valence-electron chi connectivity index (χ2n) is 3.85.